The zero-order chi connectivity index (χ0) is 34.6. The summed E-state index contributed by atoms with van der Waals surface area (Å²) < 4.78 is 0. The Bertz CT molecular complexity index is 3030. The van der Waals surface area contributed by atoms with E-state index >= 15 is 0 Å². The molecular formula is C51H35N. The van der Waals surface area contributed by atoms with E-state index in [9.17, 15) is 0 Å². The number of benzene rings is 9. The van der Waals surface area contributed by atoms with E-state index in [2.05, 4.69) is 189 Å². The van der Waals surface area contributed by atoms with Gasteiger partial charge in [0.05, 0.1) is 5.52 Å². The van der Waals surface area contributed by atoms with Gasteiger partial charge in [0, 0.05) is 27.3 Å². The van der Waals surface area contributed by atoms with Crippen molar-refractivity contribution in [2.75, 3.05) is 0 Å². The molecule has 1 N–H and O–H groups in total. The number of fused-ring (bicyclic) bond motifs is 9. The Morgan fingerprint density at radius 1 is 0.365 bits per heavy atom. The van der Waals surface area contributed by atoms with Crippen LogP contribution in [0.2, 0.25) is 0 Å². The van der Waals surface area contributed by atoms with Crippen molar-refractivity contribution >= 4 is 54.1 Å². The van der Waals surface area contributed by atoms with Crippen LogP contribution in [0.1, 0.15) is 25.0 Å². The lowest BCUT2D eigenvalue weighted by molar-refractivity contribution is 0.661. The monoisotopic (exact) mass is 661 g/mol. The standard InChI is InChI=1S/C51H35N/c1-51(2)45-27-26-35(29-43(45)44-28-33-12-3-4-13-34(33)30-46(44)51)31-22-24-32(25-23-31)48-37-15-5-7-17-39(37)49(40-18-8-6-16-38(40)48)42-20-11-19-41-36-14-9-10-21-47(36)52-50(41)42/h3-30,52H,1-2H3. The molecule has 0 unspecified atom stereocenters. The zero-order valence-electron chi connectivity index (χ0n) is 29.2. The Labute approximate surface area is 302 Å². The van der Waals surface area contributed by atoms with Gasteiger partial charge in [-0.3, -0.25) is 0 Å². The quantitative estimate of drug-likeness (QED) is 0.181. The number of H-pyrrole nitrogens is 1. The molecule has 1 nitrogen and oxygen atoms in total. The second-order valence-corrected chi connectivity index (χ2v) is 14.9. The topological polar surface area (TPSA) is 15.8 Å². The lowest BCUT2D eigenvalue weighted by atomic mass is 9.81. The summed E-state index contributed by atoms with van der Waals surface area (Å²) in [7, 11) is 0. The van der Waals surface area contributed by atoms with Gasteiger partial charge in [0.1, 0.15) is 0 Å². The average molecular weight is 662 g/mol. The van der Waals surface area contributed by atoms with E-state index in [4.69, 9.17) is 0 Å². The zero-order valence-corrected chi connectivity index (χ0v) is 29.2. The summed E-state index contributed by atoms with van der Waals surface area (Å²) in [5, 5.41) is 10.2. The van der Waals surface area contributed by atoms with Gasteiger partial charge >= 0.3 is 0 Å². The Morgan fingerprint density at radius 2 is 0.904 bits per heavy atom. The first kappa shape index (κ1) is 29.3. The van der Waals surface area contributed by atoms with Gasteiger partial charge in [-0.2, -0.15) is 0 Å². The van der Waals surface area contributed by atoms with Crippen molar-refractivity contribution in [1.82, 2.24) is 4.98 Å². The highest BCUT2D eigenvalue weighted by molar-refractivity contribution is 6.24. The first-order valence-electron chi connectivity index (χ1n) is 18.3. The molecule has 1 heterocycles. The maximum Gasteiger partial charge on any atom is 0.0544 e. The first-order chi connectivity index (χ1) is 25.5. The molecule has 9 aromatic carbocycles. The van der Waals surface area contributed by atoms with Crippen molar-refractivity contribution in [2.45, 2.75) is 19.3 Å². The van der Waals surface area contributed by atoms with E-state index in [1.807, 2.05) is 0 Å². The number of aromatic nitrogens is 1. The molecule has 0 atom stereocenters. The second-order valence-electron chi connectivity index (χ2n) is 14.9. The van der Waals surface area contributed by atoms with Crippen LogP contribution in [-0.2, 0) is 5.41 Å². The van der Waals surface area contributed by atoms with Crippen molar-refractivity contribution in [3.8, 4) is 44.5 Å². The number of para-hydroxylation sites is 2. The summed E-state index contributed by atoms with van der Waals surface area (Å²) in [6.07, 6.45) is 0. The van der Waals surface area contributed by atoms with Gasteiger partial charge in [0.15, 0.2) is 0 Å². The highest BCUT2D eigenvalue weighted by Gasteiger charge is 2.35. The van der Waals surface area contributed by atoms with E-state index in [1.54, 1.807) is 0 Å². The Hall–Kier alpha value is -6.44. The molecule has 244 valence electrons. The molecule has 52 heavy (non-hydrogen) atoms. The minimum absolute atomic E-state index is 0.0365. The summed E-state index contributed by atoms with van der Waals surface area (Å²) in [4.78, 5) is 3.78. The molecule has 0 spiro atoms. The third-order valence-corrected chi connectivity index (χ3v) is 11.8. The van der Waals surface area contributed by atoms with Crippen LogP contribution >= 0.6 is 0 Å². The van der Waals surface area contributed by atoms with Crippen molar-refractivity contribution in [2.24, 2.45) is 0 Å². The van der Waals surface area contributed by atoms with E-state index in [1.165, 1.54) is 110 Å². The van der Waals surface area contributed by atoms with E-state index in [0.717, 1.165) is 0 Å². The third-order valence-electron chi connectivity index (χ3n) is 11.8. The van der Waals surface area contributed by atoms with Gasteiger partial charge in [-0.25, -0.2) is 0 Å². The molecule has 10 aromatic rings. The molecule has 0 saturated heterocycles. The minimum atomic E-state index is -0.0365. The molecule has 11 rings (SSSR count). The highest BCUT2D eigenvalue weighted by Crippen LogP contribution is 2.51. The summed E-state index contributed by atoms with van der Waals surface area (Å²) in [5.74, 6) is 0. The summed E-state index contributed by atoms with van der Waals surface area (Å²) in [6.45, 7) is 4.73. The van der Waals surface area contributed by atoms with Gasteiger partial charge in [-0.1, -0.05) is 159 Å². The van der Waals surface area contributed by atoms with Crippen molar-refractivity contribution in [3.05, 3.63) is 181 Å². The Kier molecular flexibility index (Phi) is 6.08. The highest BCUT2D eigenvalue weighted by atomic mass is 14.7. The van der Waals surface area contributed by atoms with E-state index in [-0.39, 0.29) is 5.41 Å². The van der Waals surface area contributed by atoms with Crippen molar-refractivity contribution in [3.63, 3.8) is 0 Å². The maximum atomic E-state index is 3.78. The maximum absolute atomic E-state index is 3.78. The first-order valence-corrected chi connectivity index (χ1v) is 18.3. The number of aromatic amines is 1. The van der Waals surface area contributed by atoms with Crippen LogP contribution in [0.25, 0.3) is 98.6 Å². The second kappa shape index (κ2) is 10.8. The molecule has 0 amide bonds. The summed E-state index contributed by atoms with van der Waals surface area (Å²) in [5.41, 5.74) is 15.3. The van der Waals surface area contributed by atoms with Gasteiger partial charge in [-0.15, -0.1) is 0 Å². The van der Waals surface area contributed by atoms with Crippen molar-refractivity contribution < 1.29 is 0 Å². The SMILES string of the molecule is CC1(C)c2ccc(-c3ccc(-c4c5ccccc5c(-c5cccc6c5[nH]c5ccccc56)c5ccccc45)cc3)cc2-c2cc3ccccc3cc21. The third kappa shape index (κ3) is 4.11. The number of hydrogen-bond acceptors (Lipinski definition) is 0. The predicted octanol–water partition coefficient (Wildman–Crippen LogP) is 14.1. The molecule has 0 aliphatic heterocycles. The molecule has 0 radical (unpaired) electrons. The molecule has 0 fully saturated rings. The van der Waals surface area contributed by atoms with E-state index < -0.39 is 0 Å². The minimum Gasteiger partial charge on any atom is -0.354 e. The van der Waals surface area contributed by atoms with Crippen LogP contribution in [0.4, 0.5) is 0 Å². The molecule has 1 aliphatic rings. The van der Waals surface area contributed by atoms with Gasteiger partial charge in [-0.05, 0) is 107 Å². The Balaban J connectivity index is 1.07. The molecule has 1 aromatic heterocycles. The summed E-state index contributed by atoms with van der Waals surface area (Å²) >= 11 is 0. The van der Waals surface area contributed by atoms with Crippen LogP contribution in [0, 0.1) is 0 Å². The van der Waals surface area contributed by atoms with Gasteiger partial charge in [0.25, 0.3) is 0 Å². The number of nitrogens with one attached hydrogen (secondary N) is 1. The number of rotatable bonds is 3. The fourth-order valence-corrected chi connectivity index (χ4v) is 9.26. The normalized spacial score (nSPS) is 13.3. The predicted molar refractivity (Wildman–Crippen MR) is 222 cm³/mol. The molecule has 1 aliphatic carbocycles. The van der Waals surface area contributed by atoms with Gasteiger partial charge in [0.2, 0.25) is 0 Å². The van der Waals surface area contributed by atoms with E-state index in [0.29, 0.717) is 0 Å². The summed E-state index contributed by atoms with van der Waals surface area (Å²) in [6, 6.07) is 63.1. The lowest BCUT2D eigenvalue weighted by Gasteiger charge is -2.22. The Morgan fingerprint density at radius 3 is 1.62 bits per heavy atom. The smallest absolute Gasteiger partial charge is 0.0544 e. The number of hydrogen-bond donors (Lipinski definition) is 1. The molecular weight excluding hydrogens is 627 g/mol. The average Bonchev–Trinajstić information content (AvgIpc) is 3.68. The van der Waals surface area contributed by atoms with Gasteiger partial charge < -0.3 is 4.98 Å². The van der Waals surface area contributed by atoms with Crippen molar-refractivity contribution in [1.29, 1.82) is 0 Å². The van der Waals surface area contributed by atoms with Crippen LogP contribution in [0.3, 0.4) is 0 Å². The molecule has 0 bridgehead atoms. The fraction of sp³-hybridized carbons (Fsp3) is 0.0588. The van der Waals surface area contributed by atoms with Crippen LogP contribution in [0.15, 0.2) is 170 Å². The van der Waals surface area contributed by atoms with Crippen LogP contribution < -0.4 is 0 Å². The fourth-order valence-electron chi connectivity index (χ4n) is 9.26. The lowest BCUT2D eigenvalue weighted by Crippen LogP contribution is -2.14. The largest absolute Gasteiger partial charge is 0.354 e. The van der Waals surface area contributed by atoms with Crippen LogP contribution in [0.5, 0.6) is 0 Å². The molecule has 0 saturated carbocycles. The molecule has 1 heteroatoms. The van der Waals surface area contributed by atoms with Crippen LogP contribution in [-0.4, -0.2) is 4.98 Å².